The van der Waals surface area contributed by atoms with E-state index in [1.54, 1.807) is 11.3 Å². The van der Waals surface area contributed by atoms with Gasteiger partial charge < -0.3 is 15.8 Å². The van der Waals surface area contributed by atoms with Crippen LogP contribution in [0.25, 0.3) is 0 Å². The van der Waals surface area contributed by atoms with Crippen molar-refractivity contribution in [1.29, 1.82) is 0 Å². The van der Waals surface area contributed by atoms with Crippen LogP contribution in [0.15, 0.2) is 35.0 Å². The lowest BCUT2D eigenvalue weighted by Crippen LogP contribution is -2.20. The summed E-state index contributed by atoms with van der Waals surface area (Å²) >= 11 is 1.63. The van der Waals surface area contributed by atoms with Gasteiger partial charge in [-0.1, -0.05) is 0 Å². The first-order valence-electron chi connectivity index (χ1n) is 6.58. The number of nitrogens with one attached hydrogen (secondary N) is 1. The molecule has 4 nitrogen and oxygen atoms in total. The molecular weight excluding hydrogens is 272 g/mol. The lowest BCUT2D eigenvalue weighted by Gasteiger charge is -2.20. The highest BCUT2D eigenvalue weighted by Crippen LogP contribution is 2.29. The smallest absolute Gasteiger partial charge is 0.224 e. The molecule has 0 saturated carbocycles. The zero-order chi connectivity index (χ0) is 13.9. The summed E-state index contributed by atoms with van der Waals surface area (Å²) in [5, 5.41) is 6.93. The van der Waals surface area contributed by atoms with Crippen molar-refractivity contribution in [3.63, 3.8) is 0 Å². The number of nitrogens with two attached hydrogens (primary N) is 1. The molecular formula is C15H16N2O2S. The van der Waals surface area contributed by atoms with Crippen LogP contribution >= 0.6 is 11.3 Å². The second-order valence-corrected chi connectivity index (χ2v) is 5.55. The van der Waals surface area contributed by atoms with Gasteiger partial charge in [-0.3, -0.25) is 4.79 Å². The number of hydrogen-bond donors (Lipinski definition) is 2. The van der Waals surface area contributed by atoms with Crippen LogP contribution in [0, 0.1) is 0 Å². The third kappa shape index (κ3) is 2.69. The average Bonchev–Trinajstić information content (AvgIpc) is 2.99. The Morgan fingerprint density at radius 2 is 2.25 bits per heavy atom. The number of hydrogen-bond acceptors (Lipinski definition) is 4. The van der Waals surface area contributed by atoms with Gasteiger partial charge in [0, 0.05) is 24.2 Å². The molecule has 0 bridgehead atoms. The van der Waals surface area contributed by atoms with E-state index in [1.807, 2.05) is 29.6 Å². The first-order valence-corrected chi connectivity index (χ1v) is 7.52. The van der Waals surface area contributed by atoms with E-state index >= 15 is 0 Å². The highest BCUT2D eigenvalue weighted by molar-refractivity contribution is 7.07. The Morgan fingerprint density at radius 1 is 1.35 bits per heavy atom. The van der Waals surface area contributed by atoms with Gasteiger partial charge in [0.2, 0.25) is 5.91 Å². The van der Waals surface area contributed by atoms with Gasteiger partial charge >= 0.3 is 0 Å². The number of aryl methyl sites for hydroxylation is 1. The van der Waals surface area contributed by atoms with Crippen molar-refractivity contribution in [3.05, 3.63) is 46.2 Å². The Balaban J connectivity index is 1.79. The Kier molecular flexibility index (Phi) is 3.71. The maximum Gasteiger partial charge on any atom is 0.224 e. The predicted octanol–water partition coefficient (Wildman–Crippen LogP) is 2.71. The zero-order valence-electron chi connectivity index (χ0n) is 11.0. The van der Waals surface area contributed by atoms with Gasteiger partial charge in [0.25, 0.3) is 0 Å². The zero-order valence-corrected chi connectivity index (χ0v) is 11.8. The predicted molar refractivity (Wildman–Crippen MR) is 80.1 cm³/mol. The van der Waals surface area contributed by atoms with Gasteiger partial charge in [-0.05, 0) is 47.0 Å². The lowest BCUT2D eigenvalue weighted by molar-refractivity contribution is -0.116. The quantitative estimate of drug-likeness (QED) is 0.909. The molecule has 2 heterocycles. The van der Waals surface area contributed by atoms with E-state index in [-0.39, 0.29) is 12.0 Å². The molecule has 0 saturated heterocycles. The molecule has 2 aromatic rings. The number of carbonyl (C=O) groups is 1. The van der Waals surface area contributed by atoms with Crippen LogP contribution in [0.5, 0.6) is 5.75 Å². The van der Waals surface area contributed by atoms with Crippen LogP contribution in [0.3, 0.4) is 0 Å². The summed E-state index contributed by atoms with van der Waals surface area (Å²) in [6, 6.07) is 7.78. The number of thiophene rings is 1. The Labute approximate surface area is 121 Å². The number of ether oxygens (including phenoxy) is 1. The second-order valence-electron chi connectivity index (χ2n) is 4.77. The van der Waals surface area contributed by atoms with Crippen LogP contribution in [0.2, 0.25) is 0 Å². The van der Waals surface area contributed by atoms with Crippen molar-refractivity contribution in [1.82, 2.24) is 0 Å². The van der Waals surface area contributed by atoms with E-state index in [2.05, 4.69) is 10.7 Å². The summed E-state index contributed by atoms with van der Waals surface area (Å²) in [7, 11) is 0. The molecule has 0 radical (unpaired) electrons. The van der Waals surface area contributed by atoms with E-state index in [0.29, 0.717) is 13.0 Å². The first-order chi connectivity index (χ1) is 9.76. The van der Waals surface area contributed by atoms with Crippen LogP contribution in [0.4, 0.5) is 5.69 Å². The topological polar surface area (TPSA) is 64.3 Å². The maximum absolute atomic E-state index is 11.3. The molecule has 0 fully saturated rings. The average molecular weight is 288 g/mol. The minimum Gasteiger partial charge on any atom is -0.484 e. The standard InChI is InChI=1S/C15H16N2O2S/c16-8-14(11-5-6-20-9-11)19-12-2-3-13-10(7-12)1-4-15(18)17-13/h2-3,5-7,9,14H,1,4,8,16H2,(H,17,18). The van der Waals surface area contributed by atoms with Gasteiger partial charge in [-0.25, -0.2) is 0 Å². The number of rotatable bonds is 4. The van der Waals surface area contributed by atoms with Gasteiger partial charge in [0.05, 0.1) is 0 Å². The molecule has 1 unspecified atom stereocenters. The summed E-state index contributed by atoms with van der Waals surface area (Å²) in [6.07, 6.45) is 1.16. The largest absolute Gasteiger partial charge is 0.484 e. The minimum atomic E-state index is -0.127. The first kappa shape index (κ1) is 13.1. The van der Waals surface area contributed by atoms with E-state index in [1.165, 1.54) is 0 Å². The highest BCUT2D eigenvalue weighted by atomic mass is 32.1. The fraction of sp³-hybridized carbons (Fsp3) is 0.267. The van der Waals surface area contributed by atoms with E-state index in [4.69, 9.17) is 10.5 Å². The van der Waals surface area contributed by atoms with Crippen LogP contribution < -0.4 is 15.8 Å². The molecule has 3 rings (SSSR count). The van der Waals surface area contributed by atoms with Gasteiger partial charge in [-0.2, -0.15) is 11.3 Å². The number of fused-ring (bicyclic) bond motifs is 1. The van der Waals surface area contributed by atoms with Crippen molar-refractivity contribution in [2.24, 2.45) is 5.73 Å². The van der Waals surface area contributed by atoms with Crippen molar-refractivity contribution in [2.75, 3.05) is 11.9 Å². The Morgan fingerprint density at radius 3 is 3.00 bits per heavy atom. The second kappa shape index (κ2) is 5.64. The fourth-order valence-electron chi connectivity index (χ4n) is 2.31. The van der Waals surface area contributed by atoms with E-state index < -0.39 is 0 Å². The van der Waals surface area contributed by atoms with Crippen molar-refractivity contribution in [3.8, 4) is 5.75 Å². The number of benzene rings is 1. The minimum absolute atomic E-state index is 0.0734. The van der Waals surface area contributed by atoms with Crippen LogP contribution in [-0.2, 0) is 11.2 Å². The van der Waals surface area contributed by atoms with Crippen molar-refractivity contribution >= 4 is 22.9 Å². The van der Waals surface area contributed by atoms with Gasteiger partial charge in [0.1, 0.15) is 11.9 Å². The van der Waals surface area contributed by atoms with Crippen molar-refractivity contribution < 1.29 is 9.53 Å². The Bertz CT molecular complexity index is 610. The van der Waals surface area contributed by atoms with Gasteiger partial charge in [-0.15, -0.1) is 0 Å². The molecule has 20 heavy (non-hydrogen) atoms. The molecule has 1 aliphatic rings. The van der Waals surface area contributed by atoms with Gasteiger partial charge in [0.15, 0.2) is 0 Å². The SMILES string of the molecule is NCC(Oc1ccc2c(c1)CCC(=O)N2)c1ccsc1. The molecule has 1 atom stereocenters. The Hall–Kier alpha value is -1.85. The molecule has 1 aromatic heterocycles. The third-order valence-electron chi connectivity index (χ3n) is 3.38. The summed E-state index contributed by atoms with van der Waals surface area (Å²) in [4.78, 5) is 11.3. The normalized spacial score (nSPS) is 15.3. The maximum atomic E-state index is 11.3. The van der Waals surface area contributed by atoms with Crippen LogP contribution in [-0.4, -0.2) is 12.5 Å². The summed E-state index contributed by atoms with van der Waals surface area (Å²) in [5.74, 6) is 0.867. The van der Waals surface area contributed by atoms with Crippen molar-refractivity contribution in [2.45, 2.75) is 18.9 Å². The molecule has 1 amide bonds. The summed E-state index contributed by atoms with van der Waals surface area (Å²) in [5.41, 5.74) is 8.89. The summed E-state index contributed by atoms with van der Waals surface area (Å²) < 4.78 is 5.97. The molecule has 3 N–H and O–H groups in total. The summed E-state index contributed by atoms with van der Waals surface area (Å²) in [6.45, 7) is 0.435. The van der Waals surface area contributed by atoms with E-state index in [9.17, 15) is 4.79 Å². The fourth-order valence-corrected chi connectivity index (χ4v) is 3.01. The lowest BCUT2D eigenvalue weighted by atomic mass is 10.0. The number of anilines is 1. The highest BCUT2D eigenvalue weighted by Gasteiger charge is 2.17. The molecule has 1 aromatic carbocycles. The van der Waals surface area contributed by atoms with Crippen LogP contribution in [0.1, 0.15) is 23.7 Å². The molecule has 0 spiro atoms. The molecule has 104 valence electrons. The molecule has 5 heteroatoms. The number of amides is 1. The van der Waals surface area contributed by atoms with E-state index in [0.717, 1.165) is 29.0 Å². The molecule has 0 aliphatic carbocycles. The third-order valence-corrected chi connectivity index (χ3v) is 4.08. The molecule has 1 aliphatic heterocycles. The number of carbonyl (C=O) groups excluding carboxylic acids is 1. The monoisotopic (exact) mass is 288 g/mol.